The number of carbonyl (C=O) groups excluding carboxylic acids is 3. The van der Waals surface area contributed by atoms with Gasteiger partial charge in [-0.05, 0) is 67.2 Å². The summed E-state index contributed by atoms with van der Waals surface area (Å²) < 4.78 is 5.11. The van der Waals surface area contributed by atoms with E-state index in [1.165, 1.54) is 24.2 Å². The molecule has 0 unspecified atom stereocenters. The van der Waals surface area contributed by atoms with Crippen LogP contribution in [-0.4, -0.2) is 39.9 Å². The van der Waals surface area contributed by atoms with Crippen LogP contribution in [0.1, 0.15) is 31.3 Å². The minimum atomic E-state index is -0.593. The van der Waals surface area contributed by atoms with Crippen molar-refractivity contribution in [2.45, 2.75) is 6.92 Å². The van der Waals surface area contributed by atoms with Crippen molar-refractivity contribution in [3.8, 4) is 5.75 Å². The van der Waals surface area contributed by atoms with Gasteiger partial charge in [0, 0.05) is 11.6 Å². The smallest absolute Gasteiger partial charge is 0.283 e. The maximum absolute atomic E-state index is 13.4. The van der Waals surface area contributed by atoms with Gasteiger partial charge in [-0.25, -0.2) is 10.4 Å². The summed E-state index contributed by atoms with van der Waals surface area (Å²) >= 11 is 1.94. The molecule has 5 rings (SSSR count). The van der Waals surface area contributed by atoms with Crippen LogP contribution in [0.2, 0.25) is 0 Å². The van der Waals surface area contributed by atoms with E-state index in [4.69, 9.17) is 4.74 Å². The fraction of sp³-hybridized carbons (Fsp3) is 0.0690. The number of thiazole rings is 1. The number of nitro benzene ring substituents is 1. The number of amides is 3. The molecule has 1 aromatic heterocycles. The van der Waals surface area contributed by atoms with Gasteiger partial charge in [-0.15, -0.1) is 5.10 Å². The molecule has 1 aliphatic rings. The predicted molar refractivity (Wildman–Crippen MR) is 165 cm³/mol. The zero-order valence-corrected chi connectivity index (χ0v) is 24.3. The molecule has 0 spiro atoms. The molecule has 4 aromatic rings. The molecule has 2 N–H and O–H groups in total. The second kappa shape index (κ2) is 12.7. The first-order valence-corrected chi connectivity index (χ1v) is 14.2. The molecular weight excluding hydrogens is 592 g/mol. The highest BCUT2D eigenvalue weighted by Gasteiger charge is 2.35. The number of aryl methyl sites for hydroxylation is 1. The number of nitro groups is 1. The van der Waals surface area contributed by atoms with Crippen LogP contribution >= 0.6 is 23.1 Å². The number of aromatic nitrogens is 1. The second-order valence-corrected chi connectivity index (χ2v) is 10.9. The van der Waals surface area contributed by atoms with Crippen molar-refractivity contribution in [1.82, 2.24) is 10.4 Å². The number of carbonyl (C=O) groups is 3. The number of hydrogen-bond acceptors (Lipinski definition) is 10. The van der Waals surface area contributed by atoms with Gasteiger partial charge in [-0.2, -0.15) is 0 Å². The summed E-state index contributed by atoms with van der Waals surface area (Å²) in [5.74, 6) is -0.843. The van der Waals surface area contributed by atoms with Crippen LogP contribution in [0.5, 0.6) is 5.75 Å². The highest BCUT2D eigenvalue weighted by molar-refractivity contribution is 8.19. The minimum absolute atomic E-state index is 0.143. The quantitative estimate of drug-likeness (QED) is 0.151. The highest BCUT2D eigenvalue weighted by Crippen LogP contribution is 2.37. The van der Waals surface area contributed by atoms with Crippen LogP contribution in [0.25, 0.3) is 6.08 Å². The summed E-state index contributed by atoms with van der Waals surface area (Å²) in [6.07, 6.45) is 1.43. The second-order valence-electron chi connectivity index (χ2n) is 8.85. The van der Waals surface area contributed by atoms with Gasteiger partial charge >= 0.3 is 0 Å². The third kappa shape index (κ3) is 6.45. The predicted octanol–water partition coefficient (Wildman–Crippen LogP) is 5.44. The van der Waals surface area contributed by atoms with Crippen molar-refractivity contribution >= 4 is 68.6 Å². The Morgan fingerprint density at radius 1 is 1.02 bits per heavy atom. The standard InChI is InChI=1S/C29H22N6O6S2/c1-17-24(43-28(30-17)31-25(36)18-12-14-21(41-2)15-13-18)26(37)32-33-29-34(20-9-4-3-5-10-20)27(38)23(42-29)16-19-8-6-7-11-22(19)35(39)40/h3-16H,1-2H3,(H,32,37)(H,30,31,36)/b23-16+,33-29+. The summed E-state index contributed by atoms with van der Waals surface area (Å²) in [4.78, 5) is 56.2. The molecule has 0 atom stereocenters. The molecule has 1 saturated heterocycles. The maximum atomic E-state index is 13.4. The SMILES string of the molecule is COc1ccc(C(=O)Nc2nc(C)c(C(=O)N/N=C3/S/C(=C/c4ccccc4[N+](=O)[O-])C(=O)N3c3ccccc3)s2)cc1. The molecule has 43 heavy (non-hydrogen) atoms. The van der Waals surface area contributed by atoms with Crippen molar-refractivity contribution in [2.24, 2.45) is 5.10 Å². The zero-order valence-electron chi connectivity index (χ0n) is 22.6. The number of anilines is 2. The lowest BCUT2D eigenvalue weighted by molar-refractivity contribution is -0.385. The largest absolute Gasteiger partial charge is 0.497 e. The van der Waals surface area contributed by atoms with Crippen LogP contribution < -0.4 is 20.4 Å². The molecule has 12 nitrogen and oxygen atoms in total. The van der Waals surface area contributed by atoms with Gasteiger partial charge in [-0.1, -0.05) is 41.7 Å². The first kappa shape index (κ1) is 29.2. The van der Waals surface area contributed by atoms with Gasteiger partial charge in [0.05, 0.1) is 33.9 Å². The van der Waals surface area contributed by atoms with E-state index in [1.807, 2.05) is 0 Å². The van der Waals surface area contributed by atoms with Crippen molar-refractivity contribution in [1.29, 1.82) is 0 Å². The van der Waals surface area contributed by atoms with Crippen LogP contribution in [0.4, 0.5) is 16.5 Å². The van der Waals surface area contributed by atoms with Gasteiger partial charge in [0.15, 0.2) is 10.3 Å². The van der Waals surface area contributed by atoms with Crippen molar-refractivity contribution in [2.75, 3.05) is 17.3 Å². The van der Waals surface area contributed by atoms with Crippen molar-refractivity contribution in [3.63, 3.8) is 0 Å². The molecule has 1 aliphatic heterocycles. The molecule has 14 heteroatoms. The highest BCUT2D eigenvalue weighted by atomic mass is 32.2. The number of benzene rings is 3. The first-order chi connectivity index (χ1) is 20.7. The van der Waals surface area contributed by atoms with E-state index in [2.05, 4.69) is 20.8 Å². The molecule has 1 fully saturated rings. The minimum Gasteiger partial charge on any atom is -0.497 e. The van der Waals surface area contributed by atoms with E-state index in [1.54, 1.807) is 79.7 Å². The van der Waals surface area contributed by atoms with Crippen LogP contribution in [0.15, 0.2) is 88.9 Å². The van der Waals surface area contributed by atoms with Gasteiger partial charge < -0.3 is 4.74 Å². The third-order valence-corrected chi connectivity index (χ3v) is 8.11. The first-order valence-electron chi connectivity index (χ1n) is 12.6. The Morgan fingerprint density at radius 3 is 2.42 bits per heavy atom. The summed E-state index contributed by atoms with van der Waals surface area (Å²) in [5.41, 5.74) is 3.84. The molecule has 0 radical (unpaired) electrons. The number of nitrogens with one attached hydrogen (secondary N) is 2. The lowest BCUT2D eigenvalue weighted by Gasteiger charge is -2.15. The molecule has 0 bridgehead atoms. The lowest BCUT2D eigenvalue weighted by Crippen LogP contribution is -2.31. The third-order valence-electron chi connectivity index (χ3n) is 6.07. The fourth-order valence-corrected chi connectivity index (χ4v) is 5.78. The lowest BCUT2D eigenvalue weighted by atomic mass is 10.1. The van der Waals surface area contributed by atoms with Crippen LogP contribution in [0, 0.1) is 17.0 Å². The number of hydrogen-bond donors (Lipinski definition) is 2. The van der Waals surface area contributed by atoms with Crippen molar-refractivity contribution < 1.29 is 24.0 Å². The summed E-state index contributed by atoms with van der Waals surface area (Å²) in [7, 11) is 1.53. The Kier molecular flexibility index (Phi) is 8.59. The number of para-hydroxylation sites is 2. The maximum Gasteiger partial charge on any atom is 0.283 e. The van der Waals surface area contributed by atoms with Crippen molar-refractivity contribution in [3.05, 3.63) is 116 Å². The molecule has 216 valence electrons. The summed E-state index contributed by atoms with van der Waals surface area (Å²) in [6, 6.07) is 21.3. The fourth-order valence-electron chi connectivity index (χ4n) is 3.99. The number of hydrazone groups is 1. The van der Waals surface area contributed by atoms with Gasteiger partial charge in [-0.3, -0.25) is 34.7 Å². The van der Waals surface area contributed by atoms with E-state index in [9.17, 15) is 24.5 Å². The average molecular weight is 615 g/mol. The summed E-state index contributed by atoms with van der Waals surface area (Å²) in [5, 5.41) is 18.8. The molecule has 3 amide bonds. The van der Waals surface area contributed by atoms with Gasteiger partial charge in [0.2, 0.25) is 0 Å². The molecular formula is C29H22N6O6S2. The number of amidine groups is 1. The number of rotatable bonds is 8. The summed E-state index contributed by atoms with van der Waals surface area (Å²) in [6.45, 7) is 1.62. The van der Waals surface area contributed by atoms with Gasteiger partial charge in [0.25, 0.3) is 23.4 Å². The Balaban J connectivity index is 1.37. The Hall–Kier alpha value is -5.34. The molecule has 0 aliphatic carbocycles. The molecule has 2 heterocycles. The van der Waals surface area contributed by atoms with E-state index in [0.29, 0.717) is 22.7 Å². The zero-order chi connectivity index (χ0) is 30.5. The van der Waals surface area contributed by atoms with Crippen LogP contribution in [0.3, 0.4) is 0 Å². The molecule has 0 saturated carbocycles. The Morgan fingerprint density at radius 2 is 1.72 bits per heavy atom. The average Bonchev–Trinajstić information content (AvgIpc) is 3.54. The topological polar surface area (TPSA) is 156 Å². The van der Waals surface area contributed by atoms with E-state index in [-0.39, 0.29) is 31.3 Å². The monoisotopic (exact) mass is 614 g/mol. The van der Waals surface area contributed by atoms with E-state index in [0.717, 1.165) is 23.1 Å². The number of ether oxygens (including phenoxy) is 1. The van der Waals surface area contributed by atoms with Gasteiger partial charge in [0.1, 0.15) is 10.6 Å². The Labute approximate surface area is 253 Å². The number of thioether (sulfide) groups is 1. The van der Waals surface area contributed by atoms with Crippen LogP contribution in [-0.2, 0) is 4.79 Å². The van der Waals surface area contributed by atoms with E-state index >= 15 is 0 Å². The van der Waals surface area contributed by atoms with E-state index < -0.39 is 22.6 Å². The normalized spacial score (nSPS) is 14.7. The Bertz CT molecular complexity index is 1790. The number of nitrogens with zero attached hydrogens (tertiary/aromatic N) is 4. The molecule has 3 aromatic carbocycles. The number of methoxy groups -OCH3 is 1.